The topological polar surface area (TPSA) is 49.4 Å². The van der Waals surface area contributed by atoms with Crippen LogP contribution in [0.1, 0.15) is 13.3 Å². The first-order chi connectivity index (χ1) is 8.52. The van der Waals surface area contributed by atoms with Crippen molar-refractivity contribution < 1.29 is 9.59 Å². The highest BCUT2D eigenvalue weighted by molar-refractivity contribution is 9.10. The van der Waals surface area contributed by atoms with Crippen molar-refractivity contribution in [2.24, 2.45) is 0 Å². The molecule has 1 atom stereocenters. The fourth-order valence-corrected chi connectivity index (χ4v) is 2.28. The predicted molar refractivity (Wildman–Crippen MR) is 73.7 cm³/mol. The maximum absolute atomic E-state index is 12.2. The molecule has 1 unspecified atom stereocenters. The van der Waals surface area contributed by atoms with E-state index in [-0.39, 0.29) is 18.4 Å². The van der Waals surface area contributed by atoms with Gasteiger partial charge in [-0.1, -0.05) is 18.5 Å². The number of piperazine rings is 1. The molecule has 1 aromatic rings. The molecule has 0 bridgehead atoms. The van der Waals surface area contributed by atoms with E-state index in [1.807, 2.05) is 6.92 Å². The summed E-state index contributed by atoms with van der Waals surface area (Å²) >= 11 is 9.29. The lowest BCUT2D eigenvalue weighted by Gasteiger charge is -2.32. The zero-order valence-corrected chi connectivity index (χ0v) is 12.1. The van der Waals surface area contributed by atoms with Crippen LogP contribution in [0.15, 0.2) is 22.7 Å². The summed E-state index contributed by atoms with van der Waals surface area (Å²) in [6.07, 6.45) is 0.575. The number of carbonyl (C=O) groups is 2. The number of nitrogens with one attached hydrogen (secondary N) is 1. The molecule has 1 fully saturated rings. The first kappa shape index (κ1) is 13.4. The van der Waals surface area contributed by atoms with Gasteiger partial charge in [-0.3, -0.25) is 9.59 Å². The van der Waals surface area contributed by atoms with Crippen molar-refractivity contribution >= 4 is 45.0 Å². The van der Waals surface area contributed by atoms with Gasteiger partial charge in [0.05, 0.1) is 5.02 Å². The van der Waals surface area contributed by atoms with Crippen LogP contribution in [0.4, 0.5) is 5.69 Å². The largest absolute Gasteiger partial charge is 0.343 e. The summed E-state index contributed by atoms with van der Waals surface area (Å²) in [5.41, 5.74) is 0.640. The summed E-state index contributed by atoms with van der Waals surface area (Å²) < 4.78 is 0.758. The Balaban J connectivity index is 2.33. The molecule has 96 valence electrons. The standard InChI is InChI=1S/C12H12BrClN2O2/c1-2-10-12(18)16(6-11(17)15-10)7-3-4-8(13)9(14)5-7/h3-5,10H,2,6H2,1H3,(H,15,17). The lowest BCUT2D eigenvalue weighted by Crippen LogP contribution is -2.58. The van der Waals surface area contributed by atoms with Crippen molar-refractivity contribution in [1.29, 1.82) is 0 Å². The third kappa shape index (κ3) is 2.52. The molecule has 1 heterocycles. The molecule has 0 spiro atoms. The van der Waals surface area contributed by atoms with Gasteiger partial charge in [0.2, 0.25) is 11.8 Å². The van der Waals surface area contributed by atoms with Crippen LogP contribution in [-0.4, -0.2) is 24.4 Å². The molecule has 0 aliphatic carbocycles. The Morgan fingerprint density at radius 2 is 2.22 bits per heavy atom. The molecule has 6 heteroatoms. The SMILES string of the molecule is CCC1NC(=O)CN(c2ccc(Br)c(Cl)c2)C1=O. The average Bonchev–Trinajstić information content (AvgIpc) is 2.35. The molecule has 2 rings (SSSR count). The van der Waals surface area contributed by atoms with Crippen LogP contribution in [-0.2, 0) is 9.59 Å². The summed E-state index contributed by atoms with van der Waals surface area (Å²) in [6.45, 7) is 1.90. The molecule has 0 saturated carbocycles. The number of rotatable bonds is 2. The van der Waals surface area contributed by atoms with E-state index in [9.17, 15) is 9.59 Å². The van der Waals surface area contributed by atoms with Crippen LogP contribution in [0, 0.1) is 0 Å². The third-order valence-corrected chi connectivity index (χ3v) is 4.06. The summed E-state index contributed by atoms with van der Waals surface area (Å²) in [6, 6.07) is 4.75. The highest BCUT2D eigenvalue weighted by Crippen LogP contribution is 2.28. The second-order valence-electron chi connectivity index (χ2n) is 4.05. The van der Waals surface area contributed by atoms with Gasteiger partial charge >= 0.3 is 0 Å². The van der Waals surface area contributed by atoms with Gasteiger partial charge in [-0.25, -0.2) is 0 Å². The van der Waals surface area contributed by atoms with Gasteiger partial charge in [0.15, 0.2) is 0 Å². The number of anilines is 1. The molecule has 4 nitrogen and oxygen atoms in total. The summed E-state index contributed by atoms with van der Waals surface area (Å²) in [5.74, 6) is -0.254. The number of hydrogen-bond acceptors (Lipinski definition) is 2. The van der Waals surface area contributed by atoms with E-state index >= 15 is 0 Å². The molecule has 0 aromatic heterocycles. The van der Waals surface area contributed by atoms with Crippen molar-refractivity contribution in [1.82, 2.24) is 5.32 Å². The van der Waals surface area contributed by atoms with Crippen molar-refractivity contribution in [2.75, 3.05) is 11.4 Å². The Morgan fingerprint density at radius 1 is 1.50 bits per heavy atom. The highest BCUT2D eigenvalue weighted by atomic mass is 79.9. The van der Waals surface area contributed by atoms with Crippen LogP contribution >= 0.6 is 27.5 Å². The maximum atomic E-state index is 12.2. The number of amides is 2. The smallest absolute Gasteiger partial charge is 0.250 e. The zero-order valence-electron chi connectivity index (χ0n) is 9.74. The molecular weight excluding hydrogens is 320 g/mol. The average molecular weight is 332 g/mol. The van der Waals surface area contributed by atoms with Crippen LogP contribution in [0.2, 0.25) is 5.02 Å². The van der Waals surface area contributed by atoms with Gasteiger partial charge < -0.3 is 10.2 Å². The monoisotopic (exact) mass is 330 g/mol. The fourth-order valence-electron chi connectivity index (χ4n) is 1.86. The molecule has 18 heavy (non-hydrogen) atoms. The molecular formula is C12H12BrClN2O2. The molecule has 0 radical (unpaired) electrons. The van der Waals surface area contributed by atoms with Crippen LogP contribution in [0.3, 0.4) is 0 Å². The van der Waals surface area contributed by atoms with Crippen molar-refractivity contribution in [3.05, 3.63) is 27.7 Å². The Bertz CT molecular complexity index is 507. The Morgan fingerprint density at radius 3 is 2.83 bits per heavy atom. The van der Waals surface area contributed by atoms with E-state index in [4.69, 9.17) is 11.6 Å². The van der Waals surface area contributed by atoms with Crippen LogP contribution < -0.4 is 10.2 Å². The molecule has 1 saturated heterocycles. The molecule has 1 aliphatic heterocycles. The van der Waals surface area contributed by atoms with Gasteiger partial charge in [0.1, 0.15) is 12.6 Å². The van der Waals surface area contributed by atoms with E-state index < -0.39 is 6.04 Å². The van der Waals surface area contributed by atoms with Crippen LogP contribution in [0.25, 0.3) is 0 Å². The van der Waals surface area contributed by atoms with Gasteiger partial charge in [-0.2, -0.15) is 0 Å². The van der Waals surface area contributed by atoms with E-state index in [1.54, 1.807) is 18.2 Å². The number of hydrogen-bond donors (Lipinski definition) is 1. The van der Waals surface area contributed by atoms with Gasteiger partial charge in [-0.05, 0) is 40.5 Å². The zero-order chi connectivity index (χ0) is 13.3. The van der Waals surface area contributed by atoms with E-state index in [0.717, 1.165) is 4.47 Å². The highest BCUT2D eigenvalue weighted by Gasteiger charge is 2.32. The minimum atomic E-state index is -0.450. The molecule has 1 aromatic carbocycles. The van der Waals surface area contributed by atoms with Crippen molar-refractivity contribution in [3.63, 3.8) is 0 Å². The molecule has 1 N–H and O–H groups in total. The molecule has 1 aliphatic rings. The first-order valence-electron chi connectivity index (χ1n) is 5.58. The van der Waals surface area contributed by atoms with E-state index in [2.05, 4.69) is 21.2 Å². The predicted octanol–water partition coefficient (Wildman–Crippen LogP) is 2.34. The third-order valence-electron chi connectivity index (χ3n) is 2.82. The quantitative estimate of drug-likeness (QED) is 0.904. The lowest BCUT2D eigenvalue weighted by molar-refractivity contribution is -0.131. The first-order valence-corrected chi connectivity index (χ1v) is 6.75. The fraction of sp³-hybridized carbons (Fsp3) is 0.333. The number of benzene rings is 1. The van der Waals surface area contributed by atoms with Gasteiger partial charge in [-0.15, -0.1) is 0 Å². The van der Waals surface area contributed by atoms with Crippen molar-refractivity contribution in [2.45, 2.75) is 19.4 Å². The second-order valence-corrected chi connectivity index (χ2v) is 5.31. The van der Waals surface area contributed by atoms with Crippen LogP contribution in [0.5, 0.6) is 0 Å². The number of carbonyl (C=O) groups excluding carboxylic acids is 2. The van der Waals surface area contributed by atoms with Gasteiger partial charge in [0, 0.05) is 10.2 Å². The second kappa shape index (κ2) is 5.28. The number of halogens is 2. The Hall–Kier alpha value is -1.07. The van der Waals surface area contributed by atoms with Gasteiger partial charge in [0.25, 0.3) is 0 Å². The Labute approximate surface area is 118 Å². The number of nitrogens with zero attached hydrogens (tertiary/aromatic N) is 1. The summed E-state index contributed by atoms with van der Waals surface area (Å²) in [5, 5.41) is 3.18. The normalized spacial score (nSPS) is 19.9. The summed E-state index contributed by atoms with van der Waals surface area (Å²) in [7, 11) is 0. The minimum absolute atomic E-state index is 0.0350. The van der Waals surface area contributed by atoms with E-state index in [0.29, 0.717) is 17.1 Å². The van der Waals surface area contributed by atoms with E-state index in [1.165, 1.54) is 4.90 Å². The lowest BCUT2D eigenvalue weighted by atomic mass is 10.1. The minimum Gasteiger partial charge on any atom is -0.343 e. The Kier molecular flexibility index (Phi) is 3.92. The summed E-state index contributed by atoms with van der Waals surface area (Å²) in [4.78, 5) is 25.2. The van der Waals surface area contributed by atoms with Crippen molar-refractivity contribution in [3.8, 4) is 0 Å². The molecule has 2 amide bonds. The maximum Gasteiger partial charge on any atom is 0.250 e.